The van der Waals surface area contributed by atoms with Gasteiger partial charge in [0, 0.05) is 18.4 Å². The molecule has 124 valence electrons. The van der Waals surface area contributed by atoms with Crippen LogP contribution >= 0.6 is 11.8 Å². The number of carbonyl (C=O) groups excluding carboxylic acids is 2. The van der Waals surface area contributed by atoms with Crippen molar-refractivity contribution in [1.29, 1.82) is 0 Å². The van der Waals surface area contributed by atoms with E-state index in [0.29, 0.717) is 17.7 Å². The lowest BCUT2D eigenvalue weighted by atomic mass is 10.1. The summed E-state index contributed by atoms with van der Waals surface area (Å²) in [6, 6.07) is 13.0. The van der Waals surface area contributed by atoms with Crippen LogP contribution < -0.4 is 0 Å². The Bertz CT molecular complexity index is 683. The Hall–Kier alpha value is -2.14. The minimum atomic E-state index is -0.154. The van der Waals surface area contributed by atoms with Gasteiger partial charge in [-0.05, 0) is 55.0 Å². The first-order chi connectivity index (χ1) is 11.8. The highest BCUT2D eigenvalue weighted by atomic mass is 32.2. The Morgan fingerprint density at radius 2 is 1.58 bits per heavy atom. The average molecular weight is 340 g/mol. The molecule has 5 heteroatoms. The molecule has 0 saturated carbocycles. The van der Waals surface area contributed by atoms with E-state index in [2.05, 4.69) is 4.98 Å². The van der Waals surface area contributed by atoms with Crippen LogP contribution in [0.5, 0.6) is 0 Å². The molecule has 1 aromatic heterocycles. The van der Waals surface area contributed by atoms with Gasteiger partial charge in [0.05, 0.1) is 11.1 Å². The number of unbranched alkanes of at least 4 members (excludes halogenated alkanes) is 1. The zero-order chi connectivity index (χ0) is 16.8. The molecular weight excluding hydrogens is 320 g/mol. The van der Waals surface area contributed by atoms with Crippen molar-refractivity contribution >= 4 is 23.6 Å². The van der Waals surface area contributed by atoms with Crippen molar-refractivity contribution < 1.29 is 9.59 Å². The summed E-state index contributed by atoms with van der Waals surface area (Å²) in [5.74, 6) is 1.77. The highest BCUT2D eigenvalue weighted by Gasteiger charge is 2.34. The Balaban J connectivity index is 1.34. The third kappa shape index (κ3) is 3.85. The Labute approximate surface area is 146 Å². The van der Waals surface area contributed by atoms with Crippen molar-refractivity contribution in [3.05, 3.63) is 65.5 Å². The van der Waals surface area contributed by atoms with Crippen LogP contribution in [-0.2, 0) is 6.42 Å². The van der Waals surface area contributed by atoms with Gasteiger partial charge < -0.3 is 0 Å². The van der Waals surface area contributed by atoms with Crippen LogP contribution in [0.1, 0.15) is 39.3 Å². The minimum absolute atomic E-state index is 0.154. The molecule has 1 aliphatic rings. The standard InChI is InChI=1S/C19H20N2O2S/c22-18-16-8-1-2-9-17(16)19(23)21(18)12-5-6-13-24-14-10-15-7-3-4-11-20-15/h1-4,7-9,11H,5-6,10,12-14H2. The summed E-state index contributed by atoms with van der Waals surface area (Å²) in [7, 11) is 0. The van der Waals surface area contributed by atoms with Crippen molar-refractivity contribution in [3.63, 3.8) is 0 Å². The highest BCUT2D eigenvalue weighted by Crippen LogP contribution is 2.22. The van der Waals surface area contributed by atoms with Crippen molar-refractivity contribution in [2.75, 3.05) is 18.1 Å². The summed E-state index contributed by atoms with van der Waals surface area (Å²) in [6.45, 7) is 0.507. The van der Waals surface area contributed by atoms with Crippen LogP contribution in [0.2, 0.25) is 0 Å². The van der Waals surface area contributed by atoms with Gasteiger partial charge in [0.25, 0.3) is 11.8 Å². The molecular formula is C19H20N2O2S. The summed E-state index contributed by atoms with van der Waals surface area (Å²) in [5.41, 5.74) is 2.19. The second-order valence-corrected chi connectivity index (χ2v) is 6.92. The number of amides is 2. The van der Waals surface area contributed by atoms with Crippen molar-refractivity contribution in [3.8, 4) is 0 Å². The van der Waals surface area contributed by atoms with Gasteiger partial charge in [0.15, 0.2) is 0 Å². The first-order valence-corrected chi connectivity index (χ1v) is 9.36. The largest absolute Gasteiger partial charge is 0.274 e. The number of thioether (sulfide) groups is 1. The normalized spacial score (nSPS) is 13.4. The maximum absolute atomic E-state index is 12.2. The Kier molecular flexibility index (Phi) is 5.64. The smallest absolute Gasteiger partial charge is 0.261 e. The molecule has 2 aromatic rings. The quantitative estimate of drug-likeness (QED) is 0.546. The third-order valence-corrected chi connectivity index (χ3v) is 5.10. The van der Waals surface area contributed by atoms with Gasteiger partial charge >= 0.3 is 0 Å². The van der Waals surface area contributed by atoms with Crippen molar-refractivity contribution in [2.45, 2.75) is 19.3 Å². The molecule has 0 bridgehead atoms. The highest BCUT2D eigenvalue weighted by molar-refractivity contribution is 7.99. The molecule has 0 fully saturated rings. The molecule has 0 unspecified atom stereocenters. The van der Waals surface area contributed by atoms with Crippen LogP contribution in [-0.4, -0.2) is 39.7 Å². The molecule has 0 N–H and O–H groups in total. The van der Waals surface area contributed by atoms with E-state index in [1.54, 1.807) is 24.3 Å². The zero-order valence-corrected chi connectivity index (χ0v) is 14.3. The Morgan fingerprint density at radius 1 is 0.875 bits per heavy atom. The lowest BCUT2D eigenvalue weighted by Crippen LogP contribution is -2.30. The maximum Gasteiger partial charge on any atom is 0.261 e. The molecule has 0 aliphatic carbocycles. The second kappa shape index (κ2) is 8.11. The molecule has 2 amide bonds. The van der Waals surface area contributed by atoms with Crippen LogP contribution in [0.4, 0.5) is 0 Å². The van der Waals surface area contributed by atoms with Crippen LogP contribution in [0.25, 0.3) is 0 Å². The fourth-order valence-corrected chi connectivity index (χ4v) is 3.71. The molecule has 3 rings (SSSR count). The van der Waals surface area contributed by atoms with E-state index < -0.39 is 0 Å². The molecule has 4 nitrogen and oxygen atoms in total. The molecule has 1 aliphatic heterocycles. The summed E-state index contributed by atoms with van der Waals surface area (Å²) >= 11 is 1.89. The maximum atomic E-state index is 12.2. The fourth-order valence-electron chi connectivity index (χ4n) is 2.74. The van der Waals surface area contributed by atoms with E-state index in [4.69, 9.17) is 0 Å². The molecule has 0 spiro atoms. The minimum Gasteiger partial charge on any atom is -0.274 e. The van der Waals surface area contributed by atoms with E-state index >= 15 is 0 Å². The van der Waals surface area contributed by atoms with Crippen LogP contribution in [0, 0.1) is 0 Å². The molecule has 24 heavy (non-hydrogen) atoms. The number of aromatic nitrogens is 1. The van der Waals surface area contributed by atoms with E-state index in [1.165, 1.54) is 4.90 Å². The number of benzene rings is 1. The summed E-state index contributed by atoms with van der Waals surface area (Å²) in [4.78, 5) is 30.1. The number of pyridine rings is 1. The third-order valence-electron chi connectivity index (χ3n) is 4.03. The first kappa shape index (κ1) is 16.7. The van der Waals surface area contributed by atoms with E-state index in [0.717, 1.165) is 36.5 Å². The fraction of sp³-hybridized carbons (Fsp3) is 0.316. The SMILES string of the molecule is O=C1c2ccccc2C(=O)N1CCCCSCCc1ccccn1. The molecule has 0 saturated heterocycles. The predicted octanol–water partition coefficient (Wildman–Crippen LogP) is 3.43. The van der Waals surface area contributed by atoms with Gasteiger partial charge in [0.1, 0.15) is 0 Å². The number of hydrogen-bond donors (Lipinski definition) is 0. The van der Waals surface area contributed by atoms with Gasteiger partial charge in [-0.1, -0.05) is 18.2 Å². The van der Waals surface area contributed by atoms with Gasteiger partial charge in [0.2, 0.25) is 0 Å². The Morgan fingerprint density at radius 3 is 2.25 bits per heavy atom. The van der Waals surface area contributed by atoms with E-state index in [-0.39, 0.29) is 11.8 Å². The van der Waals surface area contributed by atoms with Crippen molar-refractivity contribution in [1.82, 2.24) is 9.88 Å². The number of nitrogens with zero attached hydrogens (tertiary/aromatic N) is 2. The number of carbonyl (C=O) groups is 2. The summed E-state index contributed by atoms with van der Waals surface area (Å²) in [5, 5.41) is 0. The second-order valence-electron chi connectivity index (χ2n) is 5.70. The average Bonchev–Trinajstić information content (AvgIpc) is 2.87. The van der Waals surface area contributed by atoms with Crippen LogP contribution in [0.3, 0.4) is 0 Å². The van der Waals surface area contributed by atoms with E-state index in [9.17, 15) is 9.59 Å². The molecule has 1 aromatic carbocycles. The van der Waals surface area contributed by atoms with Gasteiger partial charge in [-0.2, -0.15) is 11.8 Å². The van der Waals surface area contributed by atoms with Crippen molar-refractivity contribution in [2.24, 2.45) is 0 Å². The van der Waals surface area contributed by atoms with Gasteiger partial charge in [-0.3, -0.25) is 19.5 Å². The molecule has 2 heterocycles. The number of imide groups is 1. The number of fused-ring (bicyclic) bond motifs is 1. The van der Waals surface area contributed by atoms with Gasteiger partial charge in [-0.25, -0.2) is 0 Å². The predicted molar refractivity (Wildman–Crippen MR) is 96.3 cm³/mol. The molecule has 0 radical (unpaired) electrons. The summed E-state index contributed by atoms with van der Waals surface area (Å²) in [6.07, 6.45) is 4.65. The zero-order valence-electron chi connectivity index (χ0n) is 13.5. The molecule has 0 atom stereocenters. The lowest BCUT2D eigenvalue weighted by molar-refractivity contribution is 0.0652. The van der Waals surface area contributed by atoms with Crippen LogP contribution in [0.15, 0.2) is 48.7 Å². The van der Waals surface area contributed by atoms with Gasteiger partial charge in [-0.15, -0.1) is 0 Å². The lowest BCUT2D eigenvalue weighted by Gasteiger charge is -2.13. The van der Waals surface area contributed by atoms with E-state index in [1.807, 2.05) is 36.2 Å². The first-order valence-electron chi connectivity index (χ1n) is 8.20. The monoisotopic (exact) mass is 340 g/mol. The topological polar surface area (TPSA) is 50.3 Å². The number of hydrogen-bond acceptors (Lipinski definition) is 4. The number of rotatable bonds is 8. The number of aryl methyl sites for hydroxylation is 1. The summed E-state index contributed by atoms with van der Waals surface area (Å²) < 4.78 is 0.